The number of carboxylic acids is 1. The number of hydrogen-bond donors (Lipinski definition) is 1. The Balaban J connectivity index is 4.00. The Labute approximate surface area is 96.9 Å². The van der Waals surface area contributed by atoms with Crippen LogP contribution in [0.25, 0.3) is 0 Å². The summed E-state index contributed by atoms with van der Waals surface area (Å²) in [5, 5.41) is 8.72. The van der Waals surface area contributed by atoms with Gasteiger partial charge in [0.15, 0.2) is 0 Å². The van der Waals surface area contributed by atoms with E-state index in [1.807, 2.05) is 6.08 Å². The largest absolute Gasteiger partial charge is 0.480 e. The highest BCUT2D eigenvalue weighted by atomic mass is 16.4. The van der Waals surface area contributed by atoms with Crippen molar-refractivity contribution in [2.24, 2.45) is 0 Å². The number of unbranched alkanes of at least 4 members (excludes halogenated alkanes) is 3. The van der Waals surface area contributed by atoms with Crippen molar-refractivity contribution in [1.29, 1.82) is 0 Å². The second-order valence-electron chi connectivity index (χ2n) is 3.86. The maximum atomic E-state index is 11.5. The zero-order chi connectivity index (χ0) is 12.6. The molecule has 0 aliphatic heterocycles. The lowest BCUT2D eigenvalue weighted by molar-refractivity contribution is -0.146. The molecule has 0 saturated heterocycles. The molecule has 0 aromatic rings. The van der Waals surface area contributed by atoms with E-state index in [1.54, 1.807) is 0 Å². The maximum Gasteiger partial charge on any atom is 0.326 e. The van der Waals surface area contributed by atoms with E-state index in [2.05, 4.69) is 6.92 Å². The van der Waals surface area contributed by atoms with E-state index >= 15 is 0 Å². The highest BCUT2D eigenvalue weighted by Gasteiger charge is 2.19. The molecule has 1 atom stereocenters. The molecule has 0 aromatic heterocycles. The summed E-state index contributed by atoms with van der Waals surface area (Å²) in [5.74, 6) is -1.25. The third kappa shape index (κ3) is 5.53. The summed E-state index contributed by atoms with van der Waals surface area (Å²) >= 11 is 0. The Kier molecular flexibility index (Phi) is 7.25. The molecule has 4 heteroatoms. The van der Waals surface area contributed by atoms with Gasteiger partial charge in [0.1, 0.15) is 6.04 Å². The van der Waals surface area contributed by atoms with Crippen LogP contribution in [0, 0.1) is 0 Å². The van der Waals surface area contributed by atoms with Crippen LogP contribution >= 0.6 is 0 Å². The predicted octanol–water partition coefficient (Wildman–Crippen LogP) is 2.05. The van der Waals surface area contributed by atoms with Crippen LogP contribution in [0.1, 0.15) is 39.5 Å². The Morgan fingerprint density at radius 3 is 2.50 bits per heavy atom. The van der Waals surface area contributed by atoms with Crippen molar-refractivity contribution in [3.8, 4) is 0 Å². The molecule has 4 nitrogen and oxygen atoms in total. The van der Waals surface area contributed by atoms with Crippen LogP contribution < -0.4 is 0 Å². The van der Waals surface area contributed by atoms with Crippen LogP contribution in [0.5, 0.6) is 0 Å². The van der Waals surface area contributed by atoms with Crippen LogP contribution in [0.4, 0.5) is 0 Å². The van der Waals surface area contributed by atoms with Gasteiger partial charge in [-0.2, -0.15) is 0 Å². The number of hydrogen-bond acceptors (Lipinski definition) is 2. The number of carbonyl (C=O) groups excluding carboxylic acids is 1. The smallest absolute Gasteiger partial charge is 0.326 e. The van der Waals surface area contributed by atoms with Gasteiger partial charge >= 0.3 is 5.97 Å². The number of rotatable bonds is 7. The number of aliphatic carboxylic acids is 1. The molecule has 92 valence electrons. The number of amides is 1. The molecular formula is C12H21NO3. The Bertz CT molecular complexity index is 261. The van der Waals surface area contributed by atoms with E-state index < -0.39 is 12.0 Å². The first kappa shape index (κ1) is 14.7. The lowest BCUT2D eigenvalue weighted by atomic mass is 10.2. The number of nitrogens with zero attached hydrogens (tertiary/aromatic N) is 1. The standard InChI is InChI=1S/C12H21NO3/c1-4-5-6-7-8-9-11(14)13(3)10(2)12(15)16/h8-10H,4-7H2,1-3H3,(H,15,16)/b9-8+. The summed E-state index contributed by atoms with van der Waals surface area (Å²) in [7, 11) is 1.50. The average Bonchev–Trinajstić information content (AvgIpc) is 2.26. The Hall–Kier alpha value is -1.32. The lowest BCUT2D eigenvalue weighted by Crippen LogP contribution is -2.39. The van der Waals surface area contributed by atoms with Crippen LogP contribution in [-0.4, -0.2) is 35.0 Å². The van der Waals surface area contributed by atoms with Gasteiger partial charge in [-0.15, -0.1) is 0 Å². The van der Waals surface area contributed by atoms with Crippen LogP contribution in [0.3, 0.4) is 0 Å². The van der Waals surface area contributed by atoms with Crippen LogP contribution in [-0.2, 0) is 9.59 Å². The average molecular weight is 227 g/mol. The summed E-state index contributed by atoms with van der Waals surface area (Å²) < 4.78 is 0. The quantitative estimate of drug-likeness (QED) is 0.535. The van der Waals surface area contributed by atoms with Gasteiger partial charge in [-0.25, -0.2) is 4.79 Å². The van der Waals surface area contributed by atoms with Crippen LogP contribution in [0.15, 0.2) is 12.2 Å². The second kappa shape index (κ2) is 7.91. The molecule has 0 aromatic carbocycles. The number of allylic oxidation sites excluding steroid dienone is 1. The first-order valence-electron chi connectivity index (χ1n) is 5.66. The number of carboxylic acid groups (broad SMARTS) is 1. The van der Waals surface area contributed by atoms with E-state index in [4.69, 9.17) is 5.11 Å². The van der Waals surface area contributed by atoms with Crippen molar-refractivity contribution < 1.29 is 14.7 Å². The normalized spacial score (nSPS) is 12.7. The zero-order valence-corrected chi connectivity index (χ0v) is 10.3. The summed E-state index contributed by atoms with van der Waals surface area (Å²) in [5.41, 5.74) is 0. The van der Waals surface area contributed by atoms with E-state index in [0.717, 1.165) is 25.7 Å². The topological polar surface area (TPSA) is 57.6 Å². The lowest BCUT2D eigenvalue weighted by Gasteiger charge is -2.19. The molecule has 0 radical (unpaired) electrons. The summed E-state index contributed by atoms with van der Waals surface area (Å²) in [6, 6.07) is -0.784. The van der Waals surface area contributed by atoms with Gasteiger partial charge < -0.3 is 10.0 Å². The molecule has 1 unspecified atom stereocenters. The highest BCUT2D eigenvalue weighted by Crippen LogP contribution is 2.01. The minimum absolute atomic E-state index is 0.258. The minimum atomic E-state index is -0.991. The number of carbonyl (C=O) groups is 2. The number of likely N-dealkylation sites (N-methyl/N-ethyl adjacent to an activating group) is 1. The predicted molar refractivity (Wildman–Crippen MR) is 63.1 cm³/mol. The fourth-order valence-electron chi connectivity index (χ4n) is 1.17. The molecule has 0 spiro atoms. The van der Waals surface area contributed by atoms with Gasteiger partial charge in [0, 0.05) is 7.05 Å². The first-order valence-corrected chi connectivity index (χ1v) is 5.66. The van der Waals surface area contributed by atoms with Crippen molar-refractivity contribution in [3.05, 3.63) is 12.2 Å². The summed E-state index contributed by atoms with van der Waals surface area (Å²) in [4.78, 5) is 23.4. The first-order chi connectivity index (χ1) is 7.50. The molecule has 1 amide bonds. The molecule has 0 aliphatic rings. The van der Waals surface area contributed by atoms with Gasteiger partial charge in [-0.05, 0) is 25.8 Å². The molecule has 1 N–H and O–H groups in total. The van der Waals surface area contributed by atoms with E-state index in [0.29, 0.717) is 0 Å². The molecule has 0 fully saturated rings. The Morgan fingerprint density at radius 2 is 2.00 bits per heavy atom. The van der Waals surface area contributed by atoms with Gasteiger partial charge in [0.05, 0.1) is 0 Å². The third-order valence-electron chi connectivity index (χ3n) is 2.52. The third-order valence-corrected chi connectivity index (χ3v) is 2.52. The minimum Gasteiger partial charge on any atom is -0.480 e. The molecule has 0 heterocycles. The molecular weight excluding hydrogens is 206 g/mol. The van der Waals surface area contributed by atoms with Gasteiger partial charge in [0.25, 0.3) is 0 Å². The second-order valence-corrected chi connectivity index (χ2v) is 3.86. The van der Waals surface area contributed by atoms with Crippen molar-refractivity contribution in [2.45, 2.75) is 45.6 Å². The zero-order valence-electron chi connectivity index (χ0n) is 10.3. The van der Waals surface area contributed by atoms with E-state index in [1.165, 1.54) is 24.9 Å². The van der Waals surface area contributed by atoms with Gasteiger partial charge in [-0.3, -0.25) is 4.79 Å². The molecule has 0 saturated carbocycles. The summed E-state index contributed by atoms with van der Waals surface area (Å²) in [6.45, 7) is 3.61. The highest BCUT2D eigenvalue weighted by molar-refractivity contribution is 5.90. The van der Waals surface area contributed by atoms with Gasteiger partial charge in [-0.1, -0.05) is 25.8 Å². The maximum absolute atomic E-state index is 11.5. The SMILES string of the molecule is CCCCC/C=C/C(=O)N(C)C(C)C(=O)O. The summed E-state index contributed by atoms with van der Waals surface area (Å²) in [6.07, 6.45) is 7.50. The monoisotopic (exact) mass is 227 g/mol. The molecule has 0 rings (SSSR count). The fraction of sp³-hybridized carbons (Fsp3) is 0.667. The molecule has 16 heavy (non-hydrogen) atoms. The molecule has 0 aliphatic carbocycles. The van der Waals surface area contributed by atoms with E-state index in [9.17, 15) is 9.59 Å². The fourth-order valence-corrected chi connectivity index (χ4v) is 1.17. The van der Waals surface area contributed by atoms with Crippen molar-refractivity contribution >= 4 is 11.9 Å². The van der Waals surface area contributed by atoms with Crippen molar-refractivity contribution in [3.63, 3.8) is 0 Å². The van der Waals surface area contributed by atoms with E-state index in [-0.39, 0.29) is 5.91 Å². The molecule has 0 bridgehead atoms. The van der Waals surface area contributed by atoms with Gasteiger partial charge in [0.2, 0.25) is 5.91 Å². The van der Waals surface area contributed by atoms with Crippen molar-refractivity contribution in [2.75, 3.05) is 7.05 Å². The van der Waals surface area contributed by atoms with Crippen molar-refractivity contribution in [1.82, 2.24) is 4.90 Å². The van der Waals surface area contributed by atoms with Crippen LogP contribution in [0.2, 0.25) is 0 Å². The Morgan fingerprint density at radius 1 is 1.38 bits per heavy atom.